The fraction of sp³-hybridized carbons (Fsp3) is 0.235. The van der Waals surface area contributed by atoms with E-state index in [1.165, 1.54) is 4.90 Å². The Labute approximate surface area is 143 Å². The molecule has 0 bridgehead atoms. The molecule has 2 N–H and O–H groups in total. The van der Waals surface area contributed by atoms with Gasteiger partial charge in [-0.2, -0.15) is 0 Å². The van der Waals surface area contributed by atoms with Crippen molar-refractivity contribution in [3.63, 3.8) is 0 Å². The third-order valence-corrected chi connectivity index (χ3v) is 4.39. The van der Waals surface area contributed by atoms with Crippen LogP contribution in [0.5, 0.6) is 0 Å². The maximum atomic E-state index is 11.9. The standard InChI is InChI=1S/C17H16ClNO5/c1-3-19-9(2)13(16(21)22)14(10-6-4-5-7-11(10)18)15(17(23)24)12(19)8-20/h4-8,14H,3H2,1-2H3,(H,21,22)(H,23,24). The summed E-state index contributed by atoms with van der Waals surface area (Å²) < 4.78 is 0. The van der Waals surface area contributed by atoms with Crippen molar-refractivity contribution >= 4 is 29.8 Å². The Balaban J connectivity index is 2.88. The molecule has 24 heavy (non-hydrogen) atoms. The molecular weight excluding hydrogens is 334 g/mol. The Bertz CT molecular complexity index is 781. The molecule has 1 atom stereocenters. The van der Waals surface area contributed by atoms with Gasteiger partial charge in [0.25, 0.3) is 0 Å². The fourth-order valence-electron chi connectivity index (χ4n) is 3.04. The lowest BCUT2D eigenvalue weighted by Gasteiger charge is -2.35. The molecule has 0 aliphatic carbocycles. The smallest absolute Gasteiger partial charge is 0.334 e. The highest BCUT2D eigenvalue weighted by molar-refractivity contribution is 6.31. The number of aldehydes is 1. The van der Waals surface area contributed by atoms with Crippen LogP contribution < -0.4 is 0 Å². The number of carbonyl (C=O) groups excluding carboxylic acids is 1. The van der Waals surface area contributed by atoms with Gasteiger partial charge in [-0.15, -0.1) is 0 Å². The minimum atomic E-state index is -1.35. The minimum Gasteiger partial charge on any atom is -0.478 e. The van der Waals surface area contributed by atoms with Crippen molar-refractivity contribution in [3.05, 3.63) is 57.4 Å². The first-order chi connectivity index (χ1) is 11.3. The quantitative estimate of drug-likeness (QED) is 0.793. The van der Waals surface area contributed by atoms with Gasteiger partial charge in [-0.25, -0.2) is 9.59 Å². The van der Waals surface area contributed by atoms with Crippen LogP contribution in [-0.2, 0) is 14.4 Å². The third kappa shape index (κ3) is 2.80. The monoisotopic (exact) mass is 349 g/mol. The number of benzene rings is 1. The molecule has 7 heteroatoms. The zero-order valence-corrected chi connectivity index (χ0v) is 13.9. The molecule has 1 aliphatic rings. The molecule has 0 radical (unpaired) electrons. The number of carboxylic acid groups (broad SMARTS) is 2. The SMILES string of the molecule is CCN1C(C)=C(C(=O)O)C(c2ccccc2Cl)C(C(=O)O)=C1C=O. The number of halogens is 1. The Kier molecular flexibility index (Phi) is 5.09. The number of hydrogen-bond donors (Lipinski definition) is 2. The molecule has 1 aliphatic heterocycles. The van der Waals surface area contributed by atoms with E-state index in [1.807, 2.05) is 0 Å². The normalized spacial score (nSPS) is 18.0. The molecule has 0 fully saturated rings. The van der Waals surface area contributed by atoms with Crippen molar-refractivity contribution in [2.45, 2.75) is 19.8 Å². The largest absolute Gasteiger partial charge is 0.478 e. The second kappa shape index (κ2) is 6.88. The van der Waals surface area contributed by atoms with Gasteiger partial charge in [0.2, 0.25) is 0 Å². The van der Waals surface area contributed by atoms with Crippen molar-refractivity contribution in [1.29, 1.82) is 0 Å². The molecule has 126 valence electrons. The first-order valence-electron chi connectivity index (χ1n) is 7.23. The first-order valence-corrected chi connectivity index (χ1v) is 7.61. The molecule has 6 nitrogen and oxygen atoms in total. The van der Waals surface area contributed by atoms with Crippen LogP contribution in [-0.4, -0.2) is 39.9 Å². The zero-order chi connectivity index (χ0) is 18.0. The summed E-state index contributed by atoms with van der Waals surface area (Å²) in [6.45, 7) is 3.53. The van der Waals surface area contributed by atoms with E-state index in [9.17, 15) is 24.6 Å². The van der Waals surface area contributed by atoms with E-state index in [2.05, 4.69) is 0 Å². The summed E-state index contributed by atoms with van der Waals surface area (Å²) in [5.74, 6) is -3.73. The second-order valence-corrected chi connectivity index (χ2v) is 5.63. The number of hydrogen-bond acceptors (Lipinski definition) is 4. The Morgan fingerprint density at radius 3 is 2.25 bits per heavy atom. The highest BCUT2D eigenvalue weighted by Crippen LogP contribution is 2.43. The number of nitrogens with zero attached hydrogens (tertiary/aromatic N) is 1. The Hall–Kier alpha value is -2.60. The van der Waals surface area contributed by atoms with Gasteiger partial charge in [0, 0.05) is 17.3 Å². The van der Waals surface area contributed by atoms with Crippen molar-refractivity contribution in [2.75, 3.05) is 6.54 Å². The van der Waals surface area contributed by atoms with Crippen molar-refractivity contribution in [1.82, 2.24) is 4.90 Å². The maximum absolute atomic E-state index is 11.9. The van der Waals surface area contributed by atoms with Gasteiger partial charge in [0.1, 0.15) is 0 Å². The highest BCUT2D eigenvalue weighted by Gasteiger charge is 2.40. The molecule has 0 saturated carbocycles. The molecule has 1 heterocycles. The van der Waals surface area contributed by atoms with Crippen LogP contribution in [0.4, 0.5) is 0 Å². The van der Waals surface area contributed by atoms with Crippen LogP contribution in [0.1, 0.15) is 25.3 Å². The molecule has 2 rings (SSSR count). The summed E-state index contributed by atoms with van der Waals surface area (Å²) in [6, 6.07) is 6.42. The number of rotatable bonds is 5. The first kappa shape index (κ1) is 17.7. The van der Waals surface area contributed by atoms with Crippen LogP contribution in [0.3, 0.4) is 0 Å². The molecule has 0 spiro atoms. The predicted octanol–water partition coefficient (Wildman–Crippen LogP) is 2.66. The lowest BCUT2D eigenvalue weighted by atomic mass is 9.79. The van der Waals surface area contributed by atoms with Gasteiger partial charge in [-0.1, -0.05) is 29.8 Å². The predicted molar refractivity (Wildman–Crippen MR) is 87.6 cm³/mol. The summed E-state index contributed by atoms with van der Waals surface area (Å²) in [5.41, 5.74) is 0.207. The van der Waals surface area contributed by atoms with E-state index in [1.54, 1.807) is 38.1 Å². The topological polar surface area (TPSA) is 94.9 Å². The van der Waals surface area contributed by atoms with E-state index in [-0.39, 0.29) is 28.4 Å². The fourth-order valence-corrected chi connectivity index (χ4v) is 3.28. The summed E-state index contributed by atoms with van der Waals surface area (Å²) >= 11 is 6.17. The average Bonchev–Trinajstić information content (AvgIpc) is 2.53. The lowest BCUT2D eigenvalue weighted by molar-refractivity contribution is -0.134. The number of carboxylic acids is 2. The van der Waals surface area contributed by atoms with E-state index >= 15 is 0 Å². The van der Waals surface area contributed by atoms with Crippen molar-refractivity contribution < 1.29 is 24.6 Å². The molecule has 0 saturated heterocycles. The molecule has 0 amide bonds. The summed E-state index contributed by atoms with van der Waals surface area (Å²) in [4.78, 5) is 36.7. The number of aliphatic carboxylic acids is 2. The number of carbonyl (C=O) groups is 3. The maximum Gasteiger partial charge on any atom is 0.334 e. The summed E-state index contributed by atoms with van der Waals surface area (Å²) in [7, 11) is 0. The highest BCUT2D eigenvalue weighted by atomic mass is 35.5. The van der Waals surface area contributed by atoms with Gasteiger partial charge in [-0.3, -0.25) is 4.79 Å². The van der Waals surface area contributed by atoms with Crippen LogP contribution >= 0.6 is 11.6 Å². The van der Waals surface area contributed by atoms with Crippen LogP contribution in [0.25, 0.3) is 0 Å². The van der Waals surface area contributed by atoms with Gasteiger partial charge in [0.05, 0.1) is 22.8 Å². The number of allylic oxidation sites excluding steroid dienone is 2. The Morgan fingerprint density at radius 1 is 1.21 bits per heavy atom. The van der Waals surface area contributed by atoms with Crippen molar-refractivity contribution in [2.24, 2.45) is 0 Å². The molecular formula is C17H16ClNO5. The van der Waals surface area contributed by atoms with E-state index in [0.717, 1.165) is 0 Å². The van der Waals surface area contributed by atoms with Crippen LogP contribution in [0.2, 0.25) is 5.02 Å². The average molecular weight is 350 g/mol. The summed E-state index contributed by atoms with van der Waals surface area (Å²) in [5, 5.41) is 19.6. The molecule has 1 unspecified atom stereocenters. The third-order valence-electron chi connectivity index (χ3n) is 4.04. The van der Waals surface area contributed by atoms with E-state index in [4.69, 9.17) is 11.6 Å². The van der Waals surface area contributed by atoms with Gasteiger partial charge in [-0.05, 0) is 25.5 Å². The molecule has 1 aromatic rings. The lowest BCUT2D eigenvalue weighted by Crippen LogP contribution is -2.35. The zero-order valence-electron chi connectivity index (χ0n) is 13.1. The second-order valence-electron chi connectivity index (χ2n) is 5.22. The van der Waals surface area contributed by atoms with E-state index in [0.29, 0.717) is 17.5 Å². The summed E-state index contributed by atoms with van der Waals surface area (Å²) in [6.07, 6.45) is 0.443. The van der Waals surface area contributed by atoms with Crippen LogP contribution in [0.15, 0.2) is 46.8 Å². The van der Waals surface area contributed by atoms with Gasteiger partial charge in [0.15, 0.2) is 6.29 Å². The van der Waals surface area contributed by atoms with Gasteiger partial charge < -0.3 is 15.1 Å². The van der Waals surface area contributed by atoms with E-state index < -0.39 is 17.9 Å². The van der Waals surface area contributed by atoms with Gasteiger partial charge >= 0.3 is 11.9 Å². The minimum absolute atomic E-state index is 0.0579. The van der Waals surface area contributed by atoms with Crippen LogP contribution in [0, 0.1) is 0 Å². The van der Waals surface area contributed by atoms with Crippen molar-refractivity contribution in [3.8, 4) is 0 Å². The Morgan fingerprint density at radius 2 is 1.79 bits per heavy atom. The molecule has 1 aromatic carbocycles. The number of likely N-dealkylation sites (N-methyl/N-ethyl adjacent to an activating group) is 1. The molecule has 0 aromatic heterocycles.